The lowest BCUT2D eigenvalue weighted by Gasteiger charge is -2.32. The molecule has 0 saturated carbocycles. The molecule has 0 spiro atoms. The first-order valence-electron chi connectivity index (χ1n) is 9.18. The lowest BCUT2D eigenvalue weighted by molar-refractivity contribution is -0.121. The van der Waals surface area contributed by atoms with Crippen LogP contribution in [0.3, 0.4) is 0 Å². The van der Waals surface area contributed by atoms with E-state index in [1.165, 1.54) is 11.1 Å². The molecule has 2 aromatic rings. The monoisotopic (exact) mass is 336 g/mol. The van der Waals surface area contributed by atoms with Gasteiger partial charge in [-0.25, -0.2) is 0 Å². The molecule has 1 saturated heterocycles. The zero-order valence-electron chi connectivity index (χ0n) is 15.5. The largest absolute Gasteiger partial charge is 0.325 e. The molecular formula is C22H28N2O. The fourth-order valence-corrected chi connectivity index (χ4v) is 3.86. The van der Waals surface area contributed by atoms with Crippen LogP contribution in [0, 0.1) is 26.7 Å². The van der Waals surface area contributed by atoms with E-state index in [-0.39, 0.29) is 11.8 Å². The molecule has 1 aliphatic heterocycles. The Kier molecular flexibility index (Phi) is 5.54. The number of piperidine rings is 1. The van der Waals surface area contributed by atoms with E-state index >= 15 is 0 Å². The average molecular weight is 336 g/mol. The van der Waals surface area contributed by atoms with Crippen LogP contribution in [0.1, 0.15) is 35.1 Å². The summed E-state index contributed by atoms with van der Waals surface area (Å²) < 4.78 is 0. The van der Waals surface area contributed by atoms with Crippen molar-refractivity contribution in [2.24, 2.45) is 5.92 Å². The summed E-state index contributed by atoms with van der Waals surface area (Å²) in [6, 6.07) is 14.8. The van der Waals surface area contributed by atoms with E-state index in [0.29, 0.717) is 0 Å². The second-order valence-electron chi connectivity index (χ2n) is 7.32. The van der Waals surface area contributed by atoms with E-state index in [1.54, 1.807) is 0 Å². The molecule has 3 rings (SSSR count). The van der Waals surface area contributed by atoms with Crippen LogP contribution in [-0.2, 0) is 11.3 Å². The molecule has 1 atom stereocenters. The van der Waals surface area contributed by atoms with Gasteiger partial charge in [-0.3, -0.25) is 9.69 Å². The van der Waals surface area contributed by atoms with E-state index in [1.807, 2.05) is 6.07 Å². The summed E-state index contributed by atoms with van der Waals surface area (Å²) in [5, 5.41) is 3.19. The van der Waals surface area contributed by atoms with Gasteiger partial charge in [0.1, 0.15) is 0 Å². The number of rotatable bonds is 4. The third-order valence-corrected chi connectivity index (χ3v) is 5.05. The van der Waals surface area contributed by atoms with Crippen molar-refractivity contribution in [3.05, 3.63) is 64.7 Å². The fraction of sp³-hybridized carbons (Fsp3) is 0.409. The van der Waals surface area contributed by atoms with Gasteiger partial charge in [0.2, 0.25) is 5.91 Å². The Hall–Kier alpha value is -2.13. The highest BCUT2D eigenvalue weighted by molar-refractivity contribution is 5.94. The number of anilines is 1. The molecule has 2 aromatic carbocycles. The van der Waals surface area contributed by atoms with Gasteiger partial charge in [-0.1, -0.05) is 48.0 Å². The maximum absolute atomic E-state index is 12.8. The smallest absolute Gasteiger partial charge is 0.228 e. The first-order valence-corrected chi connectivity index (χ1v) is 9.18. The topological polar surface area (TPSA) is 32.3 Å². The molecule has 3 heteroatoms. The molecule has 1 aliphatic rings. The van der Waals surface area contributed by atoms with Crippen molar-refractivity contribution in [1.82, 2.24) is 4.90 Å². The summed E-state index contributed by atoms with van der Waals surface area (Å²) in [6.45, 7) is 9.06. The maximum Gasteiger partial charge on any atom is 0.228 e. The van der Waals surface area contributed by atoms with Gasteiger partial charge in [0.15, 0.2) is 0 Å². The van der Waals surface area contributed by atoms with Crippen molar-refractivity contribution in [2.75, 3.05) is 18.4 Å². The molecule has 25 heavy (non-hydrogen) atoms. The van der Waals surface area contributed by atoms with Crippen molar-refractivity contribution >= 4 is 11.6 Å². The lowest BCUT2D eigenvalue weighted by Crippen LogP contribution is -2.40. The van der Waals surface area contributed by atoms with Gasteiger partial charge < -0.3 is 5.32 Å². The third-order valence-electron chi connectivity index (χ3n) is 5.05. The lowest BCUT2D eigenvalue weighted by atomic mass is 9.96. The standard InChI is InChI=1S/C22H28N2O/c1-16-12-17(2)21(18(3)13-16)23-22(25)20-10-7-11-24(15-20)14-19-8-5-4-6-9-19/h4-6,8-9,12-13,20H,7,10-11,14-15H2,1-3H3,(H,23,25). The molecule has 1 unspecified atom stereocenters. The molecule has 0 bridgehead atoms. The van der Waals surface area contributed by atoms with Crippen molar-refractivity contribution in [3.8, 4) is 0 Å². The van der Waals surface area contributed by atoms with E-state index in [0.717, 1.165) is 49.3 Å². The van der Waals surface area contributed by atoms with E-state index < -0.39 is 0 Å². The molecule has 1 heterocycles. The summed E-state index contributed by atoms with van der Waals surface area (Å²) in [5.41, 5.74) is 5.81. The molecule has 0 aromatic heterocycles. The van der Waals surface area contributed by atoms with Crippen molar-refractivity contribution in [3.63, 3.8) is 0 Å². The number of carbonyl (C=O) groups is 1. The van der Waals surface area contributed by atoms with Gasteiger partial charge in [0, 0.05) is 18.8 Å². The van der Waals surface area contributed by atoms with Gasteiger partial charge in [0.05, 0.1) is 5.92 Å². The van der Waals surface area contributed by atoms with Crippen LogP contribution in [0.25, 0.3) is 0 Å². The molecule has 0 aliphatic carbocycles. The molecule has 1 N–H and O–H groups in total. The van der Waals surface area contributed by atoms with E-state index in [4.69, 9.17) is 0 Å². The van der Waals surface area contributed by atoms with Gasteiger partial charge in [-0.05, 0) is 56.8 Å². The Morgan fingerprint density at radius 2 is 1.80 bits per heavy atom. The van der Waals surface area contributed by atoms with Gasteiger partial charge in [-0.15, -0.1) is 0 Å². The second-order valence-corrected chi connectivity index (χ2v) is 7.32. The highest BCUT2D eigenvalue weighted by Crippen LogP contribution is 2.25. The number of amides is 1. The Morgan fingerprint density at radius 3 is 2.48 bits per heavy atom. The number of aryl methyl sites for hydroxylation is 3. The highest BCUT2D eigenvalue weighted by atomic mass is 16.1. The van der Waals surface area contributed by atoms with E-state index in [2.05, 4.69) is 67.4 Å². The van der Waals surface area contributed by atoms with Crippen LogP contribution in [0.15, 0.2) is 42.5 Å². The van der Waals surface area contributed by atoms with Crippen LogP contribution < -0.4 is 5.32 Å². The van der Waals surface area contributed by atoms with E-state index in [9.17, 15) is 4.79 Å². The number of likely N-dealkylation sites (tertiary alicyclic amines) is 1. The first-order chi connectivity index (χ1) is 12.0. The van der Waals surface area contributed by atoms with Crippen LogP contribution in [0.5, 0.6) is 0 Å². The summed E-state index contributed by atoms with van der Waals surface area (Å²) >= 11 is 0. The molecule has 1 fully saturated rings. The number of carbonyl (C=O) groups excluding carboxylic acids is 1. The van der Waals surface area contributed by atoms with Gasteiger partial charge in [-0.2, -0.15) is 0 Å². The average Bonchev–Trinajstić information content (AvgIpc) is 2.59. The molecular weight excluding hydrogens is 308 g/mol. The summed E-state index contributed by atoms with van der Waals surface area (Å²) in [5.74, 6) is 0.227. The number of nitrogens with zero attached hydrogens (tertiary/aromatic N) is 1. The normalized spacial score (nSPS) is 18.1. The number of hydrogen-bond donors (Lipinski definition) is 1. The van der Waals surface area contributed by atoms with Crippen LogP contribution in [0.2, 0.25) is 0 Å². The zero-order valence-corrected chi connectivity index (χ0v) is 15.5. The number of benzene rings is 2. The first kappa shape index (κ1) is 17.7. The van der Waals surface area contributed by atoms with Crippen molar-refractivity contribution in [1.29, 1.82) is 0 Å². The zero-order chi connectivity index (χ0) is 17.8. The molecule has 1 amide bonds. The van der Waals surface area contributed by atoms with Gasteiger partial charge in [0.25, 0.3) is 0 Å². The van der Waals surface area contributed by atoms with Crippen LogP contribution in [0.4, 0.5) is 5.69 Å². The Morgan fingerprint density at radius 1 is 1.12 bits per heavy atom. The fourth-order valence-electron chi connectivity index (χ4n) is 3.86. The highest BCUT2D eigenvalue weighted by Gasteiger charge is 2.26. The third kappa shape index (κ3) is 4.49. The van der Waals surface area contributed by atoms with Crippen LogP contribution in [-0.4, -0.2) is 23.9 Å². The molecule has 0 radical (unpaired) electrons. The second kappa shape index (κ2) is 7.83. The van der Waals surface area contributed by atoms with Crippen LogP contribution >= 0.6 is 0 Å². The molecule has 132 valence electrons. The summed E-state index contributed by atoms with van der Waals surface area (Å²) in [4.78, 5) is 15.2. The van der Waals surface area contributed by atoms with Gasteiger partial charge >= 0.3 is 0 Å². The minimum absolute atomic E-state index is 0.0672. The maximum atomic E-state index is 12.8. The predicted molar refractivity (Wildman–Crippen MR) is 104 cm³/mol. The predicted octanol–water partition coefficient (Wildman–Crippen LogP) is 4.46. The quantitative estimate of drug-likeness (QED) is 0.894. The van der Waals surface area contributed by atoms with Crippen molar-refractivity contribution in [2.45, 2.75) is 40.2 Å². The summed E-state index contributed by atoms with van der Waals surface area (Å²) in [6.07, 6.45) is 2.05. The number of hydrogen-bond acceptors (Lipinski definition) is 2. The summed E-state index contributed by atoms with van der Waals surface area (Å²) in [7, 11) is 0. The Balaban J connectivity index is 1.64. The minimum Gasteiger partial charge on any atom is -0.325 e. The molecule has 3 nitrogen and oxygen atoms in total. The SMILES string of the molecule is Cc1cc(C)c(NC(=O)C2CCCN(Cc3ccccc3)C2)c(C)c1. The number of nitrogens with one attached hydrogen (secondary N) is 1. The minimum atomic E-state index is 0.0672. The Bertz CT molecular complexity index is 716. The Labute approximate surface area is 151 Å². The van der Waals surface area contributed by atoms with Crippen molar-refractivity contribution < 1.29 is 4.79 Å².